The van der Waals surface area contributed by atoms with E-state index in [4.69, 9.17) is 23.2 Å². The number of hydrogen-bond acceptors (Lipinski definition) is 4. The number of rotatable bonds is 3. The minimum atomic E-state index is -0.138. The Morgan fingerprint density at radius 3 is 2.41 bits per heavy atom. The summed E-state index contributed by atoms with van der Waals surface area (Å²) >= 11 is 12.4. The number of nitrogens with zero attached hydrogens (tertiary/aromatic N) is 3. The molecule has 4 nitrogen and oxygen atoms in total. The van der Waals surface area contributed by atoms with E-state index in [-0.39, 0.29) is 6.10 Å². The molecule has 1 atom stereocenters. The zero-order valence-corrected chi connectivity index (χ0v) is 14.2. The highest BCUT2D eigenvalue weighted by Crippen LogP contribution is 2.27. The van der Waals surface area contributed by atoms with Gasteiger partial charge in [0.1, 0.15) is 0 Å². The summed E-state index contributed by atoms with van der Waals surface area (Å²) in [6, 6.07) is 0.606. The average molecular weight is 344 g/mol. The molecule has 0 amide bonds. The molecule has 0 radical (unpaired) electrons. The third-order valence-electron chi connectivity index (χ3n) is 4.84. The van der Waals surface area contributed by atoms with Crippen molar-refractivity contribution >= 4 is 23.2 Å². The summed E-state index contributed by atoms with van der Waals surface area (Å²) in [4.78, 5) is 8.88. The van der Waals surface area contributed by atoms with Gasteiger partial charge in [-0.1, -0.05) is 23.2 Å². The Morgan fingerprint density at radius 1 is 1.09 bits per heavy atom. The van der Waals surface area contributed by atoms with Crippen LogP contribution < -0.4 is 0 Å². The molecule has 0 aromatic carbocycles. The van der Waals surface area contributed by atoms with Crippen molar-refractivity contribution in [2.45, 2.75) is 44.4 Å². The first-order valence-electron chi connectivity index (χ1n) is 8.06. The van der Waals surface area contributed by atoms with Gasteiger partial charge in [-0.15, -0.1) is 0 Å². The molecule has 1 N–H and O–H groups in total. The number of pyridine rings is 1. The first-order valence-corrected chi connectivity index (χ1v) is 8.81. The fraction of sp³-hybridized carbons (Fsp3) is 0.688. The second-order valence-electron chi connectivity index (χ2n) is 6.38. The van der Waals surface area contributed by atoms with Crippen LogP contribution in [0.2, 0.25) is 10.0 Å². The summed E-state index contributed by atoms with van der Waals surface area (Å²) in [6.45, 7) is 4.85. The van der Waals surface area contributed by atoms with Crippen LogP contribution in [0.15, 0.2) is 12.4 Å². The van der Waals surface area contributed by atoms with Crippen LogP contribution >= 0.6 is 23.2 Å². The first kappa shape index (κ1) is 16.5. The normalized spacial score (nSPS) is 25.5. The van der Waals surface area contributed by atoms with Crippen molar-refractivity contribution in [1.29, 1.82) is 0 Å². The quantitative estimate of drug-likeness (QED) is 0.915. The fourth-order valence-corrected chi connectivity index (χ4v) is 4.05. The topological polar surface area (TPSA) is 39.6 Å². The van der Waals surface area contributed by atoms with Gasteiger partial charge in [-0.3, -0.25) is 14.8 Å². The van der Waals surface area contributed by atoms with Gasteiger partial charge in [0.05, 0.1) is 16.1 Å². The lowest BCUT2D eigenvalue weighted by Gasteiger charge is -2.41. The maximum absolute atomic E-state index is 9.83. The van der Waals surface area contributed by atoms with Crippen molar-refractivity contribution in [2.24, 2.45) is 0 Å². The highest BCUT2D eigenvalue weighted by atomic mass is 35.5. The van der Waals surface area contributed by atoms with E-state index in [2.05, 4.69) is 14.8 Å². The molecule has 122 valence electrons. The second kappa shape index (κ2) is 7.45. The summed E-state index contributed by atoms with van der Waals surface area (Å²) in [5.74, 6) is 0. The predicted octanol–water partition coefficient (Wildman–Crippen LogP) is 2.81. The van der Waals surface area contributed by atoms with E-state index >= 15 is 0 Å². The van der Waals surface area contributed by atoms with Crippen molar-refractivity contribution in [3.8, 4) is 0 Å². The van der Waals surface area contributed by atoms with Gasteiger partial charge in [-0.2, -0.15) is 0 Å². The number of aliphatic hydroxyl groups is 1. The van der Waals surface area contributed by atoms with Crippen LogP contribution in [0.1, 0.15) is 31.2 Å². The molecule has 2 saturated heterocycles. The van der Waals surface area contributed by atoms with Crippen LogP contribution in [0.3, 0.4) is 0 Å². The number of aliphatic hydroxyl groups excluding tert-OH is 1. The van der Waals surface area contributed by atoms with Gasteiger partial charge in [-0.25, -0.2) is 0 Å². The van der Waals surface area contributed by atoms with E-state index in [0.717, 1.165) is 64.0 Å². The van der Waals surface area contributed by atoms with Gasteiger partial charge in [0, 0.05) is 37.1 Å². The third-order valence-corrected chi connectivity index (χ3v) is 5.49. The summed E-state index contributed by atoms with van der Waals surface area (Å²) in [5, 5.41) is 11.1. The molecule has 22 heavy (non-hydrogen) atoms. The average Bonchev–Trinajstić information content (AvgIpc) is 2.52. The largest absolute Gasteiger partial charge is 0.392 e. The molecular formula is C16H23Cl2N3O. The van der Waals surface area contributed by atoms with Gasteiger partial charge >= 0.3 is 0 Å². The highest BCUT2D eigenvalue weighted by molar-refractivity contribution is 6.35. The first-order chi connectivity index (χ1) is 10.6. The number of hydrogen-bond donors (Lipinski definition) is 1. The van der Waals surface area contributed by atoms with Crippen LogP contribution in [0.5, 0.6) is 0 Å². The van der Waals surface area contributed by atoms with Crippen LogP contribution in [0.25, 0.3) is 0 Å². The van der Waals surface area contributed by atoms with E-state index in [1.165, 1.54) is 0 Å². The van der Waals surface area contributed by atoms with Crippen molar-refractivity contribution < 1.29 is 5.11 Å². The Hall–Kier alpha value is -0.390. The van der Waals surface area contributed by atoms with Crippen LogP contribution in [-0.2, 0) is 6.54 Å². The van der Waals surface area contributed by atoms with Gasteiger partial charge in [-0.05, 0) is 45.3 Å². The Morgan fingerprint density at radius 2 is 1.77 bits per heavy atom. The van der Waals surface area contributed by atoms with Gasteiger partial charge < -0.3 is 5.11 Å². The molecular weight excluding hydrogens is 321 g/mol. The number of aromatic nitrogens is 1. The second-order valence-corrected chi connectivity index (χ2v) is 7.19. The summed E-state index contributed by atoms with van der Waals surface area (Å²) in [6.07, 6.45) is 7.54. The molecule has 0 spiro atoms. The molecule has 0 aliphatic carbocycles. The number of halogens is 2. The predicted molar refractivity (Wildman–Crippen MR) is 89.4 cm³/mol. The Balaban J connectivity index is 1.53. The van der Waals surface area contributed by atoms with Crippen molar-refractivity contribution in [1.82, 2.24) is 14.8 Å². The smallest absolute Gasteiger partial charge is 0.0667 e. The van der Waals surface area contributed by atoms with Crippen molar-refractivity contribution in [2.75, 3.05) is 26.2 Å². The Bertz CT molecular complexity index is 486. The zero-order chi connectivity index (χ0) is 15.5. The molecule has 0 saturated carbocycles. The van der Waals surface area contributed by atoms with Crippen molar-refractivity contribution in [3.63, 3.8) is 0 Å². The van der Waals surface area contributed by atoms with Gasteiger partial charge in [0.2, 0.25) is 0 Å². The Labute approximate surface area is 142 Å². The molecule has 3 heterocycles. The molecule has 6 heteroatoms. The van der Waals surface area contributed by atoms with Crippen LogP contribution in [0, 0.1) is 0 Å². The zero-order valence-electron chi connectivity index (χ0n) is 12.7. The lowest BCUT2D eigenvalue weighted by molar-refractivity contribution is 0.0243. The van der Waals surface area contributed by atoms with E-state index < -0.39 is 0 Å². The minimum absolute atomic E-state index is 0.138. The SMILES string of the molecule is O[C@@H]1CCCN(C2CCN(Cc3c(Cl)cncc3Cl)CC2)C1. The maximum atomic E-state index is 9.83. The summed E-state index contributed by atoms with van der Waals surface area (Å²) in [5.41, 5.74) is 0.977. The summed E-state index contributed by atoms with van der Waals surface area (Å²) < 4.78 is 0. The van der Waals surface area contributed by atoms with E-state index in [9.17, 15) is 5.11 Å². The molecule has 1 aromatic heterocycles. The minimum Gasteiger partial charge on any atom is -0.392 e. The lowest BCUT2D eigenvalue weighted by Crippen LogP contribution is -2.49. The van der Waals surface area contributed by atoms with Crippen LogP contribution in [-0.4, -0.2) is 58.2 Å². The molecule has 2 aliphatic rings. The molecule has 3 rings (SSSR count). The number of likely N-dealkylation sites (tertiary alicyclic amines) is 2. The summed E-state index contributed by atoms with van der Waals surface area (Å²) in [7, 11) is 0. The van der Waals surface area contributed by atoms with Crippen LogP contribution in [0.4, 0.5) is 0 Å². The standard InChI is InChI=1S/C16H23Cl2N3O/c17-15-8-19-9-16(18)14(15)11-20-6-3-12(4-7-20)21-5-1-2-13(22)10-21/h8-9,12-13,22H,1-7,10-11H2/t13-/m1/s1. The van der Waals surface area contributed by atoms with E-state index in [0.29, 0.717) is 16.1 Å². The molecule has 0 unspecified atom stereocenters. The monoisotopic (exact) mass is 343 g/mol. The van der Waals surface area contributed by atoms with Gasteiger partial charge in [0.25, 0.3) is 0 Å². The van der Waals surface area contributed by atoms with E-state index in [1.807, 2.05) is 0 Å². The number of β-amino-alcohol motifs (C(OH)–C–C–N with tert-alkyl or cyclic N) is 1. The highest BCUT2D eigenvalue weighted by Gasteiger charge is 2.28. The third kappa shape index (κ3) is 3.92. The maximum Gasteiger partial charge on any atom is 0.0667 e. The Kier molecular flexibility index (Phi) is 5.58. The molecule has 1 aromatic rings. The molecule has 2 fully saturated rings. The van der Waals surface area contributed by atoms with E-state index in [1.54, 1.807) is 12.4 Å². The van der Waals surface area contributed by atoms with Crippen molar-refractivity contribution in [3.05, 3.63) is 28.0 Å². The number of piperidine rings is 2. The lowest BCUT2D eigenvalue weighted by atomic mass is 9.98. The molecule has 2 aliphatic heterocycles. The molecule has 0 bridgehead atoms. The fourth-order valence-electron chi connectivity index (χ4n) is 3.57. The van der Waals surface area contributed by atoms with Gasteiger partial charge in [0.15, 0.2) is 0 Å².